The van der Waals surface area contributed by atoms with Crippen LogP contribution in [0.4, 0.5) is 0 Å². The number of furan rings is 2. The van der Waals surface area contributed by atoms with E-state index in [0.29, 0.717) is 5.84 Å². The van der Waals surface area contributed by atoms with Gasteiger partial charge in [0.2, 0.25) is 0 Å². The minimum atomic E-state index is -0.476. The first-order valence-corrected chi connectivity index (χ1v) is 22.3. The predicted molar refractivity (Wildman–Crippen MR) is 272 cm³/mol. The van der Waals surface area contributed by atoms with Crippen molar-refractivity contribution in [3.63, 3.8) is 0 Å². The summed E-state index contributed by atoms with van der Waals surface area (Å²) in [5.74, 6) is 1.35. The molecule has 0 amide bonds. The summed E-state index contributed by atoms with van der Waals surface area (Å²) in [6.45, 7) is 0. The van der Waals surface area contributed by atoms with Crippen LogP contribution in [0, 0.1) is 0 Å². The fraction of sp³-hybridized carbons (Fsp3) is 0.0164. The molecule has 5 heteroatoms. The van der Waals surface area contributed by atoms with Crippen LogP contribution in [0.1, 0.15) is 22.9 Å². The minimum Gasteiger partial charge on any atom is -0.456 e. The van der Waals surface area contributed by atoms with Gasteiger partial charge in [-0.3, -0.25) is 0 Å². The van der Waals surface area contributed by atoms with Gasteiger partial charge in [0.25, 0.3) is 0 Å². The van der Waals surface area contributed by atoms with Gasteiger partial charge >= 0.3 is 0 Å². The third kappa shape index (κ3) is 6.40. The van der Waals surface area contributed by atoms with Crippen LogP contribution in [0.2, 0.25) is 0 Å². The molecule has 0 radical (unpaired) electrons. The Balaban J connectivity index is 0.982. The molecule has 13 rings (SSSR count). The molecule has 0 bridgehead atoms. The third-order valence-electron chi connectivity index (χ3n) is 13.0. The van der Waals surface area contributed by atoms with Crippen molar-refractivity contribution in [2.24, 2.45) is 9.98 Å². The smallest absolute Gasteiger partial charge is 0.160 e. The van der Waals surface area contributed by atoms with Gasteiger partial charge in [-0.25, -0.2) is 9.98 Å². The van der Waals surface area contributed by atoms with Crippen molar-refractivity contribution in [1.29, 1.82) is 0 Å². The Hall–Kier alpha value is -8.80. The molecular weight excluding hydrogens is 807 g/mol. The standard InChI is InChI=1S/C61H39N3O2/c1-3-15-38(16-4-1)43-35-44(39-17-5-2-6-18-39)37-45(36-43)48-24-12-25-50-57-52(27-14-30-55(57)66-58(48)50)61-63-59(42-33-31-41(32-34-42)47-23-11-20-40-19-7-8-21-46(40)47)62-60(64-61)51-26-13-29-54-56(51)49-22-9-10-28-53(49)65-54/h1-37,60H,(H,62,63,64). The molecule has 0 fully saturated rings. The van der Waals surface area contributed by atoms with Crippen molar-refractivity contribution < 1.29 is 8.83 Å². The quantitative estimate of drug-likeness (QED) is 0.174. The van der Waals surface area contributed by atoms with E-state index in [4.69, 9.17) is 18.8 Å². The zero-order valence-corrected chi connectivity index (χ0v) is 35.7. The predicted octanol–water partition coefficient (Wildman–Crippen LogP) is 15.8. The number of amidine groups is 2. The number of rotatable bonds is 7. The van der Waals surface area contributed by atoms with Gasteiger partial charge in [0.15, 0.2) is 5.84 Å². The highest BCUT2D eigenvalue weighted by atomic mass is 16.3. The van der Waals surface area contributed by atoms with Crippen molar-refractivity contribution >= 4 is 66.3 Å². The Morgan fingerprint density at radius 1 is 0.364 bits per heavy atom. The average molecular weight is 846 g/mol. The lowest BCUT2D eigenvalue weighted by atomic mass is 9.92. The topological polar surface area (TPSA) is 63.0 Å². The summed E-state index contributed by atoms with van der Waals surface area (Å²) >= 11 is 0. The Labute approximate surface area is 380 Å². The maximum absolute atomic E-state index is 6.93. The van der Waals surface area contributed by atoms with E-state index in [-0.39, 0.29) is 0 Å². The second kappa shape index (κ2) is 15.5. The van der Waals surface area contributed by atoms with E-state index < -0.39 is 6.17 Å². The molecule has 10 aromatic carbocycles. The lowest BCUT2D eigenvalue weighted by Crippen LogP contribution is -2.33. The number of benzene rings is 10. The molecule has 1 aliphatic rings. The number of aliphatic imine (C=N–C) groups is 2. The van der Waals surface area contributed by atoms with Crippen molar-refractivity contribution in [3.05, 3.63) is 241 Å². The van der Waals surface area contributed by atoms with E-state index >= 15 is 0 Å². The van der Waals surface area contributed by atoms with Gasteiger partial charge in [0, 0.05) is 43.8 Å². The van der Waals surface area contributed by atoms with E-state index in [1.807, 2.05) is 36.4 Å². The van der Waals surface area contributed by atoms with E-state index in [9.17, 15) is 0 Å². The largest absolute Gasteiger partial charge is 0.456 e. The summed E-state index contributed by atoms with van der Waals surface area (Å²) in [6.07, 6.45) is -0.476. The van der Waals surface area contributed by atoms with E-state index in [1.54, 1.807) is 0 Å². The molecule has 0 spiro atoms. The van der Waals surface area contributed by atoms with E-state index in [0.717, 1.165) is 105 Å². The van der Waals surface area contributed by atoms with E-state index in [2.05, 4.69) is 193 Å². The number of hydrogen-bond acceptors (Lipinski definition) is 5. The first kappa shape index (κ1) is 37.7. The summed E-state index contributed by atoms with van der Waals surface area (Å²) in [4.78, 5) is 10.9. The lowest BCUT2D eigenvalue weighted by molar-refractivity contribution is 0.662. The van der Waals surface area contributed by atoms with Crippen LogP contribution in [0.25, 0.3) is 99.2 Å². The third-order valence-corrected chi connectivity index (χ3v) is 13.0. The Kier molecular flexibility index (Phi) is 8.84. The summed E-state index contributed by atoms with van der Waals surface area (Å²) in [7, 11) is 0. The van der Waals surface area contributed by atoms with Crippen molar-refractivity contribution in [2.45, 2.75) is 6.17 Å². The van der Waals surface area contributed by atoms with Gasteiger partial charge in [-0.1, -0.05) is 188 Å². The highest BCUT2D eigenvalue weighted by Gasteiger charge is 2.27. The van der Waals surface area contributed by atoms with Gasteiger partial charge in [0.05, 0.1) is 0 Å². The van der Waals surface area contributed by atoms with Crippen LogP contribution in [-0.2, 0) is 0 Å². The highest BCUT2D eigenvalue weighted by Crippen LogP contribution is 2.42. The molecule has 0 aliphatic carbocycles. The molecule has 2 aromatic heterocycles. The fourth-order valence-corrected chi connectivity index (χ4v) is 9.83. The molecule has 1 unspecified atom stereocenters. The molecule has 1 atom stereocenters. The molecule has 0 saturated carbocycles. The number of nitrogens with zero attached hydrogens (tertiary/aromatic N) is 2. The lowest BCUT2D eigenvalue weighted by Gasteiger charge is -2.24. The highest BCUT2D eigenvalue weighted by molar-refractivity contribution is 6.23. The second-order valence-corrected chi connectivity index (χ2v) is 16.9. The molecule has 1 aliphatic heterocycles. The van der Waals surface area contributed by atoms with Crippen molar-refractivity contribution in [3.8, 4) is 44.5 Å². The number of fused-ring (bicyclic) bond motifs is 7. The van der Waals surface area contributed by atoms with Gasteiger partial charge in [-0.05, 0) is 86.1 Å². The fourth-order valence-electron chi connectivity index (χ4n) is 9.83. The maximum atomic E-state index is 6.93. The summed E-state index contributed by atoms with van der Waals surface area (Å²) in [5, 5.41) is 10.3. The summed E-state index contributed by atoms with van der Waals surface area (Å²) in [5.41, 5.74) is 15.1. The van der Waals surface area contributed by atoms with Crippen molar-refractivity contribution in [2.75, 3.05) is 0 Å². The number of hydrogen-bond donors (Lipinski definition) is 1. The Morgan fingerprint density at radius 2 is 0.924 bits per heavy atom. The molecule has 1 N–H and O–H groups in total. The van der Waals surface area contributed by atoms with Crippen LogP contribution >= 0.6 is 0 Å². The minimum absolute atomic E-state index is 0.476. The van der Waals surface area contributed by atoms with Crippen LogP contribution < -0.4 is 5.32 Å². The molecular formula is C61H39N3O2. The molecule has 0 saturated heterocycles. The molecule has 66 heavy (non-hydrogen) atoms. The zero-order chi connectivity index (χ0) is 43.6. The average Bonchev–Trinajstić information content (AvgIpc) is 3.98. The SMILES string of the molecule is c1ccc(-c2cc(-c3ccccc3)cc(-c3cccc4c3oc3cccc(C5=NC(c6cccc7oc8ccccc8c67)NC(c6ccc(-c7cccc8ccccc78)cc6)=N5)c34)c2)cc1. The number of nitrogens with one attached hydrogen (secondary N) is 1. The van der Waals surface area contributed by atoms with E-state index in [1.165, 1.54) is 16.3 Å². The monoisotopic (exact) mass is 845 g/mol. The zero-order valence-electron chi connectivity index (χ0n) is 35.7. The van der Waals surface area contributed by atoms with Crippen LogP contribution in [-0.4, -0.2) is 11.7 Å². The molecule has 12 aromatic rings. The van der Waals surface area contributed by atoms with Crippen LogP contribution in [0.5, 0.6) is 0 Å². The van der Waals surface area contributed by atoms with Gasteiger partial charge in [-0.2, -0.15) is 0 Å². The molecule has 3 heterocycles. The van der Waals surface area contributed by atoms with Crippen LogP contribution in [0.3, 0.4) is 0 Å². The first-order valence-electron chi connectivity index (χ1n) is 22.3. The Morgan fingerprint density at radius 3 is 1.71 bits per heavy atom. The number of para-hydroxylation sites is 2. The Bertz CT molecular complexity index is 3840. The summed E-state index contributed by atoms with van der Waals surface area (Å²) in [6, 6.07) is 78.7. The first-order chi connectivity index (χ1) is 32.7. The molecule has 5 nitrogen and oxygen atoms in total. The second-order valence-electron chi connectivity index (χ2n) is 16.9. The van der Waals surface area contributed by atoms with Crippen molar-refractivity contribution in [1.82, 2.24) is 5.32 Å². The van der Waals surface area contributed by atoms with Gasteiger partial charge in [-0.15, -0.1) is 0 Å². The van der Waals surface area contributed by atoms with Crippen LogP contribution in [0.15, 0.2) is 243 Å². The summed E-state index contributed by atoms with van der Waals surface area (Å²) < 4.78 is 13.3. The molecule has 310 valence electrons. The maximum Gasteiger partial charge on any atom is 0.160 e. The van der Waals surface area contributed by atoms with Gasteiger partial charge < -0.3 is 14.2 Å². The van der Waals surface area contributed by atoms with Gasteiger partial charge in [0.1, 0.15) is 34.3 Å². The normalized spacial score (nSPS) is 13.9.